The third-order valence-electron chi connectivity index (χ3n) is 8.41. The Morgan fingerprint density at radius 2 is 1.08 bits per heavy atom. The quantitative estimate of drug-likeness (QED) is 0.0573. The normalized spacial score (nSPS) is 21.8. The number of unbranched alkanes of at least 4 members (excludes halogenated alkanes) is 14. The minimum atomic E-state index is -1.54. The molecule has 1 aliphatic heterocycles. The highest BCUT2D eigenvalue weighted by molar-refractivity contribution is 5.71. The number of rotatable bonds is 28. The average molecular weight is 705 g/mol. The van der Waals surface area contributed by atoms with Crippen molar-refractivity contribution in [2.45, 2.75) is 186 Å². The van der Waals surface area contributed by atoms with Crippen molar-refractivity contribution < 1.29 is 62.9 Å². The lowest BCUT2D eigenvalue weighted by Gasteiger charge is -2.44. The van der Waals surface area contributed by atoms with E-state index in [2.05, 4.69) is 13.8 Å². The summed E-state index contributed by atoms with van der Waals surface area (Å²) >= 11 is 0. The fourth-order valence-corrected chi connectivity index (χ4v) is 5.59. The lowest BCUT2D eigenvalue weighted by Crippen LogP contribution is -2.63. The third-order valence-corrected chi connectivity index (χ3v) is 8.41. The van der Waals surface area contributed by atoms with Crippen LogP contribution < -0.4 is 0 Å². The van der Waals surface area contributed by atoms with Crippen LogP contribution in [-0.4, -0.2) is 102 Å². The maximum absolute atomic E-state index is 13.2. The molecule has 1 aliphatic rings. The molecule has 13 heteroatoms. The minimum absolute atomic E-state index is 0.0675. The molecule has 0 aliphatic carbocycles. The largest absolute Gasteiger partial charge is 0.463 e. The van der Waals surface area contributed by atoms with Gasteiger partial charge in [-0.1, -0.05) is 104 Å². The van der Waals surface area contributed by atoms with Crippen LogP contribution in [0.25, 0.3) is 0 Å². The Bertz CT molecular complexity index is 913. The first-order valence-electron chi connectivity index (χ1n) is 18.5. The van der Waals surface area contributed by atoms with Crippen LogP contribution in [0.1, 0.15) is 143 Å². The van der Waals surface area contributed by atoms with Crippen LogP contribution in [0, 0.1) is 0 Å². The van der Waals surface area contributed by atoms with Gasteiger partial charge in [0.25, 0.3) is 0 Å². The Balaban J connectivity index is 3.15. The summed E-state index contributed by atoms with van der Waals surface area (Å²) in [6.45, 7) is 4.95. The number of ether oxygens (including phenoxy) is 6. The molecule has 0 spiro atoms. The van der Waals surface area contributed by atoms with Crippen molar-refractivity contribution in [2.24, 2.45) is 0 Å². The molecule has 49 heavy (non-hydrogen) atoms. The number of carbonyl (C=O) groups excluding carboxylic acids is 4. The lowest BCUT2D eigenvalue weighted by molar-refractivity contribution is -0.312. The monoisotopic (exact) mass is 704 g/mol. The number of esters is 4. The highest BCUT2D eigenvalue weighted by Gasteiger charge is 2.53. The summed E-state index contributed by atoms with van der Waals surface area (Å²) in [6, 6.07) is 0. The molecule has 7 atom stereocenters. The van der Waals surface area contributed by atoms with E-state index in [4.69, 9.17) is 28.4 Å². The van der Waals surface area contributed by atoms with Gasteiger partial charge in [0.05, 0.1) is 13.2 Å². The van der Waals surface area contributed by atoms with Gasteiger partial charge in [-0.05, 0) is 12.8 Å². The fraction of sp³-hybridized carbons (Fsp3) is 0.889. The van der Waals surface area contributed by atoms with Crippen LogP contribution in [0.4, 0.5) is 0 Å². The molecule has 1 heterocycles. The summed E-state index contributed by atoms with van der Waals surface area (Å²) in [5.74, 6) is -2.62. The Labute approximate surface area is 292 Å². The van der Waals surface area contributed by atoms with Crippen LogP contribution in [-0.2, 0) is 47.6 Å². The Kier molecular flexibility index (Phi) is 25.0. The van der Waals surface area contributed by atoms with Crippen LogP contribution in [0.3, 0.4) is 0 Å². The van der Waals surface area contributed by atoms with E-state index in [1.54, 1.807) is 0 Å². The zero-order valence-corrected chi connectivity index (χ0v) is 30.3. The Morgan fingerprint density at radius 1 is 0.612 bits per heavy atom. The van der Waals surface area contributed by atoms with E-state index in [0.29, 0.717) is 12.8 Å². The van der Waals surface area contributed by atoms with Gasteiger partial charge in [-0.25, -0.2) is 0 Å². The maximum Gasteiger partial charge on any atom is 0.306 e. The summed E-state index contributed by atoms with van der Waals surface area (Å²) in [6.07, 6.45) is 6.48. The van der Waals surface area contributed by atoms with Crippen molar-refractivity contribution in [2.75, 3.05) is 19.8 Å². The summed E-state index contributed by atoms with van der Waals surface area (Å²) < 4.78 is 34.1. The SMILES string of the molecule is CCCCCCCCCCC(=O)O[C@H]1[C@H](OC(C)=O)[C@@H](COC(C)=O)OC(OCC(O)C(O)CO)[C@H]1OC(=O)CCCCCCCCCC. The number of carbonyl (C=O) groups is 4. The molecular formula is C36H64O13. The van der Waals surface area contributed by atoms with Gasteiger partial charge in [0.15, 0.2) is 24.6 Å². The highest BCUT2D eigenvalue weighted by atomic mass is 16.7. The molecule has 0 aromatic carbocycles. The van der Waals surface area contributed by atoms with Gasteiger partial charge < -0.3 is 43.7 Å². The van der Waals surface area contributed by atoms with E-state index in [-0.39, 0.29) is 12.8 Å². The van der Waals surface area contributed by atoms with Crippen molar-refractivity contribution in [3.63, 3.8) is 0 Å². The standard InChI is InChI=1S/C36H64O13/c1-5-7-9-11-13-15-17-19-21-31(42)48-34-33(46-27(4)39)30(25-44-26(3)38)47-36(45-24-29(41)28(40)23-37)35(34)49-32(43)22-20-18-16-14-12-10-8-6-2/h28-30,33-37,40-41H,5-25H2,1-4H3/t28?,29?,30-,33-,34+,35+,36?/m1/s1. The second-order valence-electron chi connectivity index (χ2n) is 12.9. The number of hydrogen-bond donors (Lipinski definition) is 3. The fourth-order valence-electron chi connectivity index (χ4n) is 5.59. The summed E-state index contributed by atoms with van der Waals surface area (Å²) in [5.41, 5.74) is 0. The van der Waals surface area contributed by atoms with Crippen molar-refractivity contribution >= 4 is 23.9 Å². The highest BCUT2D eigenvalue weighted by Crippen LogP contribution is 2.31. The molecule has 1 rings (SSSR count). The van der Waals surface area contributed by atoms with Gasteiger partial charge in [0, 0.05) is 26.7 Å². The molecule has 3 unspecified atom stereocenters. The molecule has 286 valence electrons. The van der Waals surface area contributed by atoms with E-state index in [1.165, 1.54) is 45.4 Å². The van der Waals surface area contributed by atoms with E-state index in [9.17, 15) is 34.5 Å². The zero-order valence-electron chi connectivity index (χ0n) is 30.3. The molecule has 13 nitrogen and oxygen atoms in total. The average Bonchev–Trinajstić information content (AvgIpc) is 3.06. The number of aliphatic hydroxyl groups is 3. The smallest absolute Gasteiger partial charge is 0.306 e. The van der Waals surface area contributed by atoms with Crippen LogP contribution in [0.15, 0.2) is 0 Å². The Morgan fingerprint density at radius 3 is 1.53 bits per heavy atom. The Hall–Kier alpha value is -2.32. The second kappa shape index (κ2) is 27.4. The molecule has 0 saturated carbocycles. The van der Waals surface area contributed by atoms with E-state index in [0.717, 1.165) is 58.3 Å². The first kappa shape index (κ1) is 44.7. The lowest BCUT2D eigenvalue weighted by atomic mass is 9.97. The van der Waals surface area contributed by atoms with Gasteiger partial charge in [-0.3, -0.25) is 19.2 Å². The maximum atomic E-state index is 13.2. The summed E-state index contributed by atoms with van der Waals surface area (Å²) in [7, 11) is 0. The van der Waals surface area contributed by atoms with Crippen molar-refractivity contribution in [3.05, 3.63) is 0 Å². The van der Waals surface area contributed by atoms with Gasteiger partial charge >= 0.3 is 23.9 Å². The van der Waals surface area contributed by atoms with Crippen LogP contribution in [0.2, 0.25) is 0 Å². The molecule has 3 N–H and O–H groups in total. The van der Waals surface area contributed by atoms with Crippen LogP contribution >= 0.6 is 0 Å². The molecule has 0 aromatic heterocycles. The van der Waals surface area contributed by atoms with Gasteiger partial charge in [0.1, 0.15) is 24.9 Å². The predicted molar refractivity (Wildman–Crippen MR) is 180 cm³/mol. The van der Waals surface area contributed by atoms with E-state index < -0.39 is 86.6 Å². The number of aliphatic hydroxyl groups excluding tert-OH is 3. The molecule has 1 fully saturated rings. The summed E-state index contributed by atoms with van der Waals surface area (Å²) in [5, 5.41) is 29.4. The van der Waals surface area contributed by atoms with Gasteiger partial charge in [-0.2, -0.15) is 0 Å². The van der Waals surface area contributed by atoms with Crippen molar-refractivity contribution in [3.8, 4) is 0 Å². The molecule has 0 amide bonds. The number of hydrogen-bond acceptors (Lipinski definition) is 13. The van der Waals surface area contributed by atoms with Crippen LogP contribution in [0.5, 0.6) is 0 Å². The van der Waals surface area contributed by atoms with Crippen molar-refractivity contribution in [1.29, 1.82) is 0 Å². The van der Waals surface area contributed by atoms with E-state index >= 15 is 0 Å². The molecule has 1 saturated heterocycles. The minimum Gasteiger partial charge on any atom is -0.463 e. The molecule has 0 aromatic rings. The first-order valence-corrected chi connectivity index (χ1v) is 18.5. The molecule has 0 bridgehead atoms. The predicted octanol–water partition coefficient (Wildman–Crippen LogP) is 4.82. The molecular weight excluding hydrogens is 640 g/mol. The van der Waals surface area contributed by atoms with Crippen molar-refractivity contribution in [1.82, 2.24) is 0 Å². The molecule has 0 radical (unpaired) electrons. The summed E-state index contributed by atoms with van der Waals surface area (Å²) in [4.78, 5) is 50.3. The van der Waals surface area contributed by atoms with Gasteiger partial charge in [-0.15, -0.1) is 0 Å². The van der Waals surface area contributed by atoms with Gasteiger partial charge in [0.2, 0.25) is 0 Å². The van der Waals surface area contributed by atoms with E-state index in [1.807, 2.05) is 0 Å². The topological polar surface area (TPSA) is 184 Å². The third kappa shape index (κ3) is 20.2. The zero-order chi connectivity index (χ0) is 36.4. The second-order valence-corrected chi connectivity index (χ2v) is 12.9. The first-order chi connectivity index (χ1) is 23.5.